The fourth-order valence-corrected chi connectivity index (χ4v) is 2.93. The zero-order valence-electron chi connectivity index (χ0n) is 17.5. The quantitative estimate of drug-likeness (QED) is 0.376. The Labute approximate surface area is 205 Å². The molecule has 3 aromatic rings. The van der Waals surface area contributed by atoms with Gasteiger partial charge in [-0.25, -0.2) is 0 Å². The molecular formula is C23H21BrN2NiO5. The van der Waals surface area contributed by atoms with Crippen LogP contribution in [-0.2, 0) is 16.5 Å². The molecule has 0 radical (unpaired) electrons. The number of para-hydroxylation sites is 2. The summed E-state index contributed by atoms with van der Waals surface area (Å²) in [4.78, 5) is 8.82. The van der Waals surface area contributed by atoms with Gasteiger partial charge in [0.15, 0.2) is 0 Å². The van der Waals surface area contributed by atoms with E-state index in [0.717, 1.165) is 11.6 Å². The van der Waals surface area contributed by atoms with Gasteiger partial charge in [-0.1, -0.05) is 51.7 Å². The molecule has 3 rings (SSSR count). The van der Waals surface area contributed by atoms with Gasteiger partial charge in [0.05, 0.1) is 25.6 Å². The molecule has 0 atom stereocenters. The molecule has 170 valence electrons. The third-order valence-electron chi connectivity index (χ3n) is 4.08. The largest absolute Gasteiger partial charge is 2.00 e. The van der Waals surface area contributed by atoms with Gasteiger partial charge in [-0.05, 0) is 41.5 Å². The normalized spacial score (nSPS) is 10.4. The van der Waals surface area contributed by atoms with Crippen LogP contribution in [0, 0.1) is 0 Å². The maximum atomic E-state index is 12.3. The predicted octanol–water partition coefficient (Wildman–Crippen LogP) is 3.72. The van der Waals surface area contributed by atoms with E-state index >= 15 is 0 Å². The number of methoxy groups -OCH3 is 2. The monoisotopic (exact) mass is 542 g/mol. The molecule has 0 spiro atoms. The van der Waals surface area contributed by atoms with E-state index in [9.17, 15) is 10.2 Å². The number of ether oxygens (including phenoxy) is 2. The van der Waals surface area contributed by atoms with Gasteiger partial charge < -0.3 is 24.8 Å². The second-order valence-electron chi connectivity index (χ2n) is 5.91. The van der Waals surface area contributed by atoms with Crippen molar-refractivity contribution in [2.75, 3.05) is 21.3 Å². The molecule has 0 fully saturated rings. The first-order valence-corrected chi connectivity index (χ1v) is 9.83. The van der Waals surface area contributed by atoms with Crippen molar-refractivity contribution in [3.05, 3.63) is 70.2 Å². The molecule has 7 nitrogen and oxygen atoms in total. The number of halogens is 1. The van der Waals surface area contributed by atoms with Gasteiger partial charge in [-0.3, -0.25) is 9.98 Å². The fraction of sp³-hybridized carbons (Fsp3) is 0.130. The minimum Gasteiger partial charge on any atom is -0.870 e. The molecule has 0 amide bonds. The third kappa shape index (κ3) is 6.82. The first-order chi connectivity index (χ1) is 15.0. The summed E-state index contributed by atoms with van der Waals surface area (Å²) in [5.74, 6) is 0.0194. The summed E-state index contributed by atoms with van der Waals surface area (Å²) in [6.07, 6.45) is 2.94. The van der Waals surface area contributed by atoms with Crippen LogP contribution in [-0.4, -0.2) is 38.9 Å². The number of aliphatic imine (C=N–C) groups is 2. The standard InChI is InChI=1S/C22H19BrN2O4.CH4O.Ni/c1-28-19-7-3-5-14(21(19)26)12-24-17-10-9-16(23)11-18(17)25-13-15-6-4-8-20(29-2)22(15)27;1-2;/h3-13,26-27H,1-2H3;2H,1H3;/q;;+2/p-2. The molecule has 0 saturated heterocycles. The van der Waals surface area contributed by atoms with Gasteiger partial charge >= 0.3 is 16.5 Å². The van der Waals surface area contributed by atoms with Crippen molar-refractivity contribution in [1.82, 2.24) is 0 Å². The van der Waals surface area contributed by atoms with Crippen LogP contribution in [0.2, 0.25) is 0 Å². The number of aliphatic hydroxyl groups is 1. The van der Waals surface area contributed by atoms with Gasteiger partial charge in [0.2, 0.25) is 0 Å². The molecule has 0 aromatic heterocycles. The van der Waals surface area contributed by atoms with Gasteiger partial charge in [0, 0.05) is 24.0 Å². The number of hydrogen-bond acceptors (Lipinski definition) is 7. The number of benzene rings is 3. The Hall–Kier alpha value is -2.87. The maximum Gasteiger partial charge on any atom is 2.00 e. The van der Waals surface area contributed by atoms with Crippen molar-refractivity contribution in [3.63, 3.8) is 0 Å². The molecule has 0 saturated carbocycles. The van der Waals surface area contributed by atoms with Crippen LogP contribution in [0.5, 0.6) is 23.0 Å². The van der Waals surface area contributed by atoms with Crippen molar-refractivity contribution < 1.29 is 41.3 Å². The fourth-order valence-electron chi connectivity index (χ4n) is 2.58. The molecule has 1 N–H and O–H groups in total. The second kappa shape index (κ2) is 13.5. The van der Waals surface area contributed by atoms with E-state index in [-0.39, 0.29) is 39.5 Å². The summed E-state index contributed by atoms with van der Waals surface area (Å²) in [7, 11) is 3.89. The molecule has 0 unspecified atom stereocenters. The van der Waals surface area contributed by atoms with Crippen LogP contribution >= 0.6 is 15.9 Å². The van der Waals surface area contributed by atoms with Gasteiger partial charge in [0.25, 0.3) is 0 Å². The Morgan fingerprint density at radius 2 is 1.25 bits per heavy atom. The summed E-state index contributed by atoms with van der Waals surface area (Å²) >= 11 is 3.41. The van der Waals surface area contributed by atoms with Crippen LogP contribution < -0.4 is 19.7 Å². The maximum absolute atomic E-state index is 12.3. The van der Waals surface area contributed by atoms with Crippen LogP contribution in [0.25, 0.3) is 0 Å². The van der Waals surface area contributed by atoms with Crippen LogP contribution in [0.4, 0.5) is 11.4 Å². The van der Waals surface area contributed by atoms with E-state index in [4.69, 9.17) is 14.6 Å². The van der Waals surface area contributed by atoms with E-state index in [1.54, 1.807) is 48.5 Å². The molecule has 32 heavy (non-hydrogen) atoms. The van der Waals surface area contributed by atoms with E-state index in [2.05, 4.69) is 25.9 Å². The summed E-state index contributed by atoms with van der Waals surface area (Å²) in [5.41, 5.74) is 1.88. The van der Waals surface area contributed by atoms with Crippen molar-refractivity contribution in [2.45, 2.75) is 0 Å². The smallest absolute Gasteiger partial charge is 0.870 e. The van der Waals surface area contributed by atoms with Crippen molar-refractivity contribution in [3.8, 4) is 23.0 Å². The number of nitrogens with zero attached hydrogens (tertiary/aromatic N) is 2. The number of rotatable bonds is 6. The van der Waals surface area contributed by atoms with Crippen molar-refractivity contribution in [2.24, 2.45) is 9.98 Å². The molecule has 0 aliphatic rings. The molecule has 0 aliphatic carbocycles. The predicted molar refractivity (Wildman–Crippen MR) is 122 cm³/mol. The molecule has 0 bridgehead atoms. The molecule has 0 aliphatic heterocycles. The number of aliphatic hydroxyl groups excluding tert-OH is 1. The SMILES string of the molecule is CO.COc1cccc(C=Nc2ccc(Br)cc2N=Cc2cccc(OC)c2[O-])c1[O-].[Ni+2]. The van der Waals surface area contributed by atoms with E-state index in [1.807, 2.05) is 6.07 Å². The van der Waals surface area contributed by atoms with Crippen molar-refractivity contribution >= 4 is 39.7 Å². The Morgan fingerprint density at radius 1 is 0.781 bits per heavy atom. The zero-order chi connectivity index (χ0) is 22.8. The zero-order valence-corrected chi connectivity index (χ0v) is 20.1. The summed E-state index contributed by atoms with van der Waals surface area (Å²) in [6.45, 7) is 0. The van der Waals surface area contributed by atoms with E-state index in [0.29, 0.717) is 22.5 Å². The van der Waals surface area contributed by atoms with Gasteiger partial charge in [-0.2, -0.15) is 0 Å². The first kappa shape index (κ1) is 27.2. The van der Waals surface area contributed by atoms with E-state index < -0.39 is 0 Å². The Balaban J connectivity index is 0.00000166. The minimum absolute atomic E-state index is 0. The average Bonchev–Trinajstić information content (AvgIpc) is 2.80. The molecular weight excluding hydrogens is 523 g/mol. The minimum atomic E-state index is -0.244. The Bertz CT molecular complexity index is 1090. The Morgan fingerprint density at radius 3 is 1.72 bits per heavy atom. The first-order valence-electron chi connectivity index (χ1n) is 9.04. The van der Waals surface area contributed by atoms with Gasteiger partial charge in [-0.15, -0.1) is 0 Å². The van der Waals surface area contributed by atoms with Crippen LogP contribution in [0.15, 0.2) is 69.1 Å². The van der Waals surface area contributed by atoms with E-state index in [1.165, 1.54) is 26.6 Å². The topological polar surface area (TPSA) is 110 Å². The summed E-state index contributed by atoms with van der Waals surface area (Å²) < 4.78 is 10.9. The van der Waals surface area contributed by atoms with Gasteiger partial charge in [0.1, 0.15) is 11.5 Å². The van der Waals surface area contributed by atoms with Crippen LogP contribution in [0.1, 0.15) is 11.1 Å². The van der Waals surface area contributed by atoms with Crippen molar-refractivity contribution in [1.29, 1.82) is 0 Å². The molecule has 9 heteroatoms. The van der Waals surface area contributed by atoms with Crippen LogP contribution in [0.3, 0.4) is 0 Å². The average molecular weight is 544 g/mol. The Kier molecular flexibility index (Phi) is 11.5. The molecule has 3 aromatic carbocycles. The summed E-state index contributed by atoms with van der Waals surface area (Å²) in [5, 5.41) is 31.5. The third-order valence-corrected chi connectivity index (χ3v) is 4.57. The molecule has 0 heterocycles. The summed E-state index contributed by atoms with van der Waals surface area (Å²) in [6, 6.07) is 15.3. The second-order valence-corrected chi connectivity index (χ2v) is 6.82. The number of hydrogen-bond donors (Lipinski definition) is 1.